The van der Waals surface area contributed by atoms with Gasteiger partial charge in [-0.1, -0.05) is 18.6 Å². The topological polar surface area (TPSA) is 27.6 Å². The molecular weight excluding hydrogens is 210 g/mol. The highest BCUT2D eigenvalue weighted by atomic mass is 15.1. The second-order valence-corrected chi connectivity index (χ2v) is 4.68. The van der Waals surface area contributed by atoms with Gasteiger partial charge in [-0.05, 0) is 25.0 Å². The molecule has 2 rings (SSSR count). The average molecular weight is 231 g/mol. The van der Waals surface area contributed by atoms with Crippen LogP contribution in [-0.2, 0) is 0 Å². The van der Waals surface area contributed by atoms with E-state index in [1.54, 1.807) is 0 Å². The molecule has 3 heteroatoms. The SMILES string of the molecule is CN(C)c1ccccc1NC1=NCCCCC1. The Morgan fingerprint density at radius 2 is 1.94 bits per heavy atom. The highest BCUT2D eigenvalue weighted by molar-refractivity contribution is 5.98. The molecule has 0 bridgehead atoms. The minimum Gasteiger partial charge on any atom is -0.376 e. The van der Waals surface area contributed by atoms with Crippen LogP contribution in [0.25, 0.3) is 0 Å². The maximum Gasteiger partial charge on any atom is 0.101 e. The maximum atomic E-state index is 4.61. The van der Waals surface area contributed by atoms with Crippen LogP contribution in [0.5, 0.6) is 0 Å². The van der Waals surface area contributed by atoms with Crippen molar-refractivity contribution in [2.75, 3.05) is 30.9 Å². The summed E-state index contributed by atoms with van der Waals surface area (Å²) in [6.07, 6.45) is 4.84. The zero-order valence-electron chi connectivity index (χ0n) is 10.7. The number of nitrogens with one attached hydrogen (secondary N) is 1. The summed E-state index contributed by atoms with van der Waals surface area (Å²) in [7, 11) is 4.13. The largest absolute Gasteiger partial charge is 0.376 e. The van der Waals surface area contributed by atoms with E-state index in [9.17, 15) is 0 Å². The minimum atomic E-state index is 0.965. The molecule has 0 aliphatic carbocycles. The third kappa shape index (κ3) is 3.22. The van der Waals surface area contributed by atoms with Gasteiger partial charge in [-0.25, -0.2) is 0 Å². The molecule has 0 unspecified atom stereocenters. The van der Waals surface area contributed by atoms with Crippen molar-refractivity contribution in [2.24, 2.45) is 4.99 Å². The first-order valence-corrected chi connectivity index (χ1v) is 6.34. The van der Waals surface area contributed by atoms with Crippen molar-refractivity contribution in [2.45, 2.75) is 25.7 Å². The second kappa shape index (κ2) is 5.71. The lowest BCUT2D eigenvalue weighted by molar-refractivity contribution is 0.731. The number of benzene rings is 1. The van der Waals surface area contributed by atoms with E-state index in [2.05, 4.69) is 53.6 Å². The Kier molecular flexibility index (Phi) is 4.02. The Labute approximate surface area is 104 Å². The molecule has 92 valence electrons. The highest BCUT2D eigenvalue weighted by Crippen LogP contribution is 2.24. The molecule has 1 aliphatic heterocycles. The van der Waals surface area contributed by atoms with Crippen molar-refractivity contribution in [1.29, 1.82) is 0 Å². The molecule has 3 nitrogen and oxygen atoms in total. The molecule has 0 spiro atoms. The molecular formula is C14H21N3. The van der Waals surface area contributed by atoms with Gasteiger partial charge in [0.1, 0.15) is 5.84 Å². The van der Waals surface area contributed by atoms with E-state index in [1.165, 1.54) is 24.9 Å². The summed E-state index contributed by atoms with van der Waals surface area (Å²) in [5.74, 6) is 1.14. The number of hydrogen-bond donors (Lipinski definition) is 1. The molecule has 0 aromatic heterocycles. The van der Waals surface area contributed by atoms with Crippen LogP contribution in [0.15, 0.2) is 29.3 Å². The quantitative estimate of drug-likeness (QED) is 0.846. The number of para-hydroxylation sites is 2. The van der Waals surface area contributed by atoms with Crippen LogP contribution in [0, 0.1) is 0 Å². The van der Waals surface area contributed by atoms with Crippen LogP contribution in [0.1, 0.15) is 25.7 Å². The zero-order valence-corrected chi connectivity index (χ0v) is 10.7. The molecule has 0 saturated carbocycles. The van der Waals surface area contributed by atoms with Crippen LogP contribution >= 0.6 is 0 Å². The van der Waals surface area contributed by atoms with E-state index in [0.29, 0.717) is 0 Å². The molecule has 1 heterocycles. The number of rotatable bonds is 2. The third-order valence-corrected chi connectivity index (χ3v) is 3.04. The van der Waals surface area contributed by atoms with Crippen molar-refractivity contribution < 1.29 is 0 Å². The molecule has 0 radical (unpaired) electrons. The summed E-state index contributed by atoms with van der Waals surface area (Å²) in [5, 5.41) is 3.48. The van der Waals surface area contributed by atoms with Crippen molar-refractivity contribution in [3.05, 3.63) is 24.3 Å². The van der Waals surface area contributed by atoms with Crippen molar-refractivity contribution in [3.63, 3.8) is 0 Å². The molecule has 0 saturated heterocycles. The van der Waals surface area contributed by atoms with Crippen LogP contribution < -0.4 is 10.2 Å². The summed E-state index contributed by atoms with van der Waals surface area (Å²) < 4.78 is 0. The van der Waals surface area contributed by atoms with E-state index < -0.39 is 0 Å². The lowest BCUT2D eigenvalue weighted by Gasteiger charge is -2.18. The van der Waals surface area contributed by atoms with Gasteiger partial charge in [-0.2, -0.15) is 0 Å². The van der Waals surface area contributed by atoms with Crippen molar-refractivity contribution in [3.8, 4) is 0 Å². The normalized spacial score (nSPS) is 16.0. The summed E-state index contributed by atoms with van der Waals surface area (Å²) in [4.78, 5) is 6.73. The Morgan fingerprint density at radius 3 is 2.76 bits per heavy atom. The summed E-state index contributed by atoms with van der Waals surface area (Å²) in [6.45, 7) is 0.965. The van der Waals surface area contributed by atoms with E-state index in [-0.39, 0.29) is 0 Å². The Balaban J connectivity index is 2.14. The fourth-order valence-electron chi connectivity index (χ4n) is 2.10. The number of aliphatic imine (C=N–C) groups is 1. The predicted molar refractivity (Wildman–Crippen MR) is 75.2 cm³/mol. The molecule has 0 fully saturated rings. The molecule has 1 aromatic rings. The standard InChI is InChI=1S/C14H21N3/c1-17(2)13-9-6-5-8-12(13)16-14-10-4-3-7-11-15-14/h5-6,8-9H,3-4,7,10-11H2,1-2H3,(H,15,16). The zero-order chi connectivity index (χ0) is 12.1. The molecule has 17 heavy (non-hydrogen) atoms. The number of anilines is 2. The summed E-state index contributed by atoms with van der Waals surface area (Å²) in [5.41, 5.74) is 2.36. The van der Waals surface area contributed by atoms with E-state index >= 15 is 0 Å². The van der Waals surface area contributed by atoms with Gasteiger partial charge < -0.3 is 10.2 Å². The predicted octanol–water partition coefficient (Wildman–Crippen LogP) is 3.14. The smallest absolute Gasteiger partial charge is 0.101 e. The summed E-state index contributed by atoms with van der Waals surface area (Å²) >= 11 is 0. The first-order chi connectivity index (χ1) is 8.27. The van der Waals surface area contributed by atoms with Crippen molar-refractivity contribution >= 4 is 17.2 Å². The van der Waals surface area contributed by atoms with Gasteiger partial charge in [0.15, 0.2) is 0 Å². The molecule has 0 amide bonds. The van der Waals surface area contributed by atoms with E-state index in [1.807, 2.05) is 0 Å². The second-order valence-electron chi connectivity index (χ2n) is 4.68. The first kappa shape index (κ1) is 12.0. The minimum absolute atomic E-state index is 0.965. The van der Waals surface area contributed by atoms with Gasteiger partial charge in [0, 0.05) is 27.1 Å². The number of amidine groups is 1. The van der Waals surface area contributed by atoms with Crippen LogP contribution in [0.2, 0.25) is 0 Å². The summed E-state index contributed by atoms with van der Waals surface area (Å²) in [6, 6.07) is 8.37. The van der Waals surface area contributed by atoms with E-state index in [0.717, 1.165) is 24.5 Å². The lowest BCUT2D eigenvalue weighted by atomic mass is 10.2. The van der Waals surface area contributed by atoms with Gasteiger partial charge in [-0.3, -0.25) is 4.99 Å². The third-order valence-electron chi connectivity index (χ3n) is 3.04. The monoisotopic (exact) mass is 231 g/mol. The molecule has 1 aliphatic rings. The molecule has 1 N–H and O–H groups in total. The van der Waals surface area contributed by atoms with Crippen LogP contribution in [0.4, 0.5) is 11.4 Å². The Morgan fingerprint density at radius 1 is 1.12 bits per heavy atom. The first-order valence-electron chi connectivity index (χ1n) is 6.34. The van der Waals surface area contributed by atoms with Crippen LogP contribution in [0.3, 0.4) is 0 Å². The highest BCUT2D eigenvalue weighted by Gasteiger charge is 2.08. The number of nitrogens with zero attached hydrogens (tertiary/aromatic N) is 2. The van der Waals surface area contributed by atoms with E-state index in [4.69, 9.17) is 0 Å². The van der Waals surface area contributed by atoms with Crippen LogP contribution in [-0.4, -0.2) is 26.5 Å². The van der Waals surface area contributed by atoms with Gasteiger partial charge in [0.2, 0.25) is 0 Å². The van der Waals surface area contributed by atoms with Gasteiger partial charge >= 0.3 is 0 Å². The van der Waals surface area contributed by atoms with Gasteiger partial charge in [0.25, 0.3) is 0 Å². The van der Waals surface area contributed by atoms with Gasteiger partial charge in [0.05, 0.1) is 11.4 Å². The maximum absolute atomic E-state index is 4.61. The fourth-order valence-corrected chi connectivity index (χ4v) is 2.10. The molecule has 0 atom stereocenters. The van der Waals surface area contributed by atoms with Gasteiger partial charge in [-0.15, -0.1) is 0 Å². The molecule has 1 aromatic carbocycles. The Bertz CT molecular complexity index is 396. The fraction of sp³-hybridized carbons (Fsp3) is 0.500. The Hall–Kier alpha value is -1.51. The lowest BCUT2D eigenvalue weighted by Crippen LogP contribution is -2.16. The number of hydrogen-bond acceptors (Lipinski definition) is 3. The average Bonchev–Trinajstić information content (AvgIpc) is 2.58. The van der Waals surface area contributed by atoms with Crippen molar-refractivity contribution in [1.82, 2.24) is 0 Å².